The lowest BCUT2D eigenvalue weighted by molar-refractivity contribution is 0.943. The lowest BCUT2D eigenvalue weighted by atomic mass is 10.0. The molecule has 0 amide bonds. The number of aromatic nitrogens is 4. The summed E-state index contributed by atoms with van der Waals surface area (Å²) in [5.74, 6) is 0.508. The molecule has 4 aromatic rings. The van der Waals surface area contributed by atoms with Crippen molar-refractivity contribution in [3.05, 3.63) is 64.7 Å². The first-order valence-electron chi connectivity index (χ1n) is 7.62. The molecule has 0 aliphatic heterocycles. The fraction of sp³-hybridized carbons (Fsp3) is 0.111. The number of thiazole rings is 1. The van der Waals surface area contributed by atoms with Crippen LogP contribution in [0.1, 0.15) is 10.7 Å². The average molecular weight is 333 g/mol. The van der Waals surface area contributed by atoms with Crippen molar-refractivity contribution in [1.82, 2.24) is 20.2 Å². The van der Waals surface area contributed by atoms with Gasteiger partial charge in [0.25, 0.3) is 0 Å². The summed E-state index contributed by atoms with van der Waals surface area (Å²) in [4.78, 5) is 9.03. The van der Waals surface area contributed by atoms with Gasteiger partial charge in [-0.25, -0.2) is 9.97 Å². The second kappa shape index (κ2) is 6.33. The van der Waals surface area contributed by atoms with Gasteiger partial charge >= 0.3 is 0 Å². The van der Waals surface area contributed by atoms with Crippen LogP contribution in [0.15, 0.2) is 54.0 Å². The van der Waals surface area contributed by atoms with Gasteiger partial charge in [0.2, 0.25) is 5.95 Å². The number of nitrogens with one attached hydrogen (secondary N) is 1. The van der Waals surface area contributed by atoms with Crippen molar-refractivity contribution in [1.29, 1.82) is 0 Å². The smallest absolute Gasteiger partial charge is 0.243 e. The molecule has 0 bridgehead atoms. The number of aryl methyl sites for hydroxylation is 1. The number of anilines is 1. The van der Waals surface area contributed by atoms with Gasteiger partial charge in [0.15, 0.2) is 0 Å². The van der Waals surface area contributed by atoms with Crippen LogP contribution >= 0.6 is 11.3 Å². The van der Waals surface area contributed by atoms with Crippen LogP contribution in [-0.4, -0.2) is 20.2 Å². The van der Waals surface area contributed by atoms with Crippen LogP contribution in [0.5, 0.6) is 0 Å². The number of nitrogens with zero attached hydrogens (tertiary/aromatic N) is 4. The number of fused-ring (bicyclic) bond motifs is 1. The second-order valence-electron chi connectivity index (χ2n) is 5.43. The molecular formula is C18H15N5S. The first-order chi connectivity index (χ1) is 11.8. The molecule has 0 fully saturated rings. The summed E-state index contributed by atoms with van der Waals surface area (Å²) >= 11 is 1.62. The highest BCUT2D eigenvalue weighted by atomic mass is 32.1. The molecule has 24 heavy (non-hydrogen) atoms. The minimum atomic E-state index is 0.508. The third-order valence-electron chi connectivity index (χ3n) is 3.69. The molecule has 0 aliphatic rings. The summed E-state index contributed by atoms with van der Waals surface area (Å²) in [5.41, 5.74) is 2.89. The van der Waals surface area contributed by atoms with Crippen molar-refractivity contribution < 1.29 is 0 Å². The fourth-order valence-corrected chi connectivity index (χ4v) is 3.31. The molecule has 0 unspecified atom stereocenters. The largest absolute Gasteiger partial charge is 0.346 e. The predicted octanol–water partition coefficient (Wildman–Crippen LogP) is 4.07. The van der Waals surface area contributed by atoms with E-state index in [0.717, 1.165) is 27.3 Å². The molecule has 5 nitrogen and oxygen atoms in total. The van der Waals surface area contributed by atoms with Crippen LogP contribution in [0.3, 0.4) is 0 Å². The summed E-state index contributed by atoms with van der Waals surface area (Å²) in [5, 5.41) is 16.7. The molecule has 0 spiro atoms. The van der Waals surface area contributed by atoms with Crippen molar-refractivity contribution in [3.8, 4) is 11.3 Å². The van der Waals surface area contributed by atoms with Gasteiger partial charge in [0.05, 0.1) is 18.4 Å². The second-order valence-corrected chi connectivity index (χ2v) is 6.37. The molecule has 118 valence electrons. The maximum atomic E-state index is 4.61. The summed E-state index contributed by atoms with van der Waals surface area (Å²) in [6.07, 6.45) is 1.69. The zero-order chi connectivity index (χ0) is 16.4. The third kappa shape index (κ3) is 2.96. The van der Waals surface area contributed by atoms with Crippen LogP contribution in [0.4, 0.5) is 5.95 Å². The van der Waals surface area contributed by atoms with E-state index in [0.29, 0.717) is 12.5 Å². The van der Waals surface area contributed by atoms with Gasteiger partial charge in [0, 0.05) is 16.6 Å². The van der Waals surface area contributed by atoms with Gasteiger partial charge in [0.1, 0.15) is 5.01 Å². The molecule has 2 aromatic heterocycles. The minimum Gasteiger partial charge on any atom is -0.346 e. The number of benzene rings is 2. The zero-order valence-electron chi connectivity index (χ0n) is 13.1. The Kier molecular flexibility index (Phi) is 3.88. The van der Waals surface area contributed by atoms with Gasteiger partial charge in [-0.1, -0.05) is 42.5 Å². The minimum absolute atomic E-state index is 0.508. The van der Waals surface area contributed by atoms with Crippen LogP contribution in [0, 0.1) is 6.92 Å². The maximum Gasteiger partial charge on any atom is 0.243 e. The van der Waals surface area contributed by atoms with E-state index in [-0.39, 0.29) is 0 Å². The lowest BCUT2D eigenvalue weighted by Gasteiger charge is -2.07. The standard InChI is InChI=1S/C18H15N5S/c1-12-11-24-17(21-12)10-19-18-22-16(9-20-23-18)15-8-4-6-13-5-2-3-7-14(13)15/h2-9,11H,10H2,1H3,(H,19,22,23). The highest BCUT2D eigenvalue weighted by Gasteiger charge is 2.07. The van der Waals surface area contributed by atoms with Crippen molar-refractivity contribution in [2.45, 2.75) is 13.5 Å². The van der Waals surface area contributed by atoms with E-state index in [1.807, 2.05) is 30.5 Å². The molecule has 2 aromatic carbocycles. The van der Waals surface area contributed by atoms with Crippen molar-refractivity contribution >= 4 is 28.1 Å². The molecular weight excluding hydrogens is 318 g/mol. The Morgan fingerprint density at radius 1 is 1.04 bits per heavy atom. The monoisotopic (exact) mass is 333 g/mol. The van der Waals surface area contributed by atoms with Crippen LogP contribution < -0.4 is 5.32 Å². The lowest BCUT2D eigenvalue weighted by Crippen LogP contribution is -2.05. The van der Waals surface area contributed by atoms with E-state index >= 15 is 0 Å². The van der Waals surface area contributed by atoms with Gasteiger partial charge in [-0.2, -0.15) is 5.10 Å². The topological polar surface area (TPSA) is 63.6 Å². The predicted molar refractivity (Wildman–Crippen MR) is 96.9 cm³/mol. The summed E-state index contributed by atoms with van der Waals surface area (Å²) in [6.45, 7) is 2.58. The maximum absolute atomic E-state index is 4.61. The van der Waals surface area contributed by atoms with E-state index in [1.165, 1.54) is 5.39 Å². The molecule has 4 rings (SSSR count). The third-order valence-corrected chi connectivity index (χ3v) is 4.66. The van der Waals surface area contributed by atoms with Gasteiger partial charge in [-0.05, 0) is 17.7 Å². The van der Waals surface area contributed by atoms with E-state index in [4.69, 9.17) is 0 Å². The molecule has 6 heteroatoms. The van der Waals surface area contributed by atoms with Crippen molar-refractivity contribution in [2.75, 3.05) is 5.32 Å². The van der Waals surface area contributed by atoms with Crippen LogP contribution in [0.25, 0.3) is 22.0 Å². The SMILES string of the molecule is Cc1csc(CNc2nncc(-c3cccc4ccccc34)n2)n1. The quantitative estimate of drug-likeness (QED) is 0.610. The molecule has 2 heterocycles. The molecule has 0 saturated heterocycles. The first-order valence-corrected chi connectivity index (χ1v) is 8.50. The Morgan fingerprint density at radius 3 is 2.79 bits per heavy atom. The molecule has 0 saturated carbocycles. The summed E-state index contributed by atoms with van der Waals surface area (Å²) in [6, 6.07) is 14.4. The normalized spacial score (nSPS) is 10.9. The van der Waals surface area contributed by atoms with Crippen molar-refractivity contribution in [2.24, 2.45) is 0 Å². The van der Waals surface area contributed by atoms with E-state index < -0.39 is 0 Å². The van der Waals surface area contributed by atoms with E-state index in [2.05, 4.69) is 49.7 Å². The Bertz CT molecular complexity index is 990. The van der Waals surface area contributed by atoms with Gasteiger partial charge < -0.3 is 5.32 Å². The Hall–Kier alpha value is -2.86. The Labute approximate surface area is 143 Å². The average Bonchev–Trinajstić information content (AvgIpc) is 3.05. The van der Waals surface area contributed by atoms with E-state index in [9.17, 15) is 0 Å². The number of hydrogen-bond acceptors (Lipinski definition) is 6. The molecule has 0 aliphatic carbocycles. The number of rotatable bonds is 4. The van der Waals surface area contributed by atoms with E-state index in [1.54, 1.807) is 17.5 Å². The highest BCUT2D eigenvalue weighted by Crippen LogP contribution is 2.27. The van der Waals surface area contributed by atoms with Crippen LogP contribution in [0.2, 0.25) is 0 Å². The van der Waals surface area contributed by atoms with Gasteiger partial charge in [-0.3, -0.25) is 0 Å². The van der Waals surface area contributed by atoms with Crippen molar-refractivity contribution in [3.63, 3.8) is 0 Å². The molecule has 0 radical (unpaired) electrons. The Balaban J connectivity index is 1.64. The van der Waals surface area contributed by atoms with Gasteiger partial charge in [-0.15, -0.1) is 16.4 Å². The highest BCUT2D eigenvalue weighted by molar-refractivity contribution is 7.09. The number of hydrogen-bond donors (Lipinski definition) is 1. The molecule has 1 N–H and O–H groups in total. The Morgan fingerprint density at radius 2 is 1.92 bits per heavy atom. The zero-order valence-corrected chi connectivity index (χ0v) is 13.9. The summed E-state index contributed by atoms with van der Waals surface area (Å²) < 4.78 is 0. The van der Waals surface area contributed by atoms with Crippen LogP contribution in [-0.2, 0) is 6.54 Å². The summed E-state index contributed by atoms with van der Waals surface area (Å²) in [7, 11) is 0. The molecule has 0 atom stereocenters. The fourth-order valence-electron chi connectivity index (χ4n) is 2.60. The first kappa shape index (κ1) is 14.7.